The second kappa shape index (κ2) is 6.20. The lowest BCUT2D eigenvalue weighted by Crippen LogP contribution is -2.05. The molecule has 0 aliphatic heterocycles. The van der Waals surface area contributed by atoms with Gasteiger partial charge in [-0.15, -0.1) is 0 Å². The van der Waals surface area contributed by atoms with Crippen LogP contribution in [0.4, 0.5) is 0 Å². The first-order chi connectivity index (χ1) is 9.24. The average molecular weight is 258 g/mol. The molecule has 0 bridgehead atoms. The van der Waals surface area contributed by atoms with E-state index < -0.39 is 0 Å². The molecule has 0 saturated carbocycles. The number of aryl methyl sites for hydroxylation is 1. The molecule has 2 N–H and O–H groups in total. The number of pyridine rings is 1. The number of aromatic nitrogens is 1. The van der Waals surface area contributed by atoms with Crippen molar-refractivity contribution < 1.29 is 9.47 Å². The van der Waals surface area contributed by atoms with E-state index in [0.29, 0.717) is 18.9 Å². The first-order valence-electron chi connectivity index (χ1n) is 6.15. The van der Waals surface area contributed by atoms with Crippen molar-refractivity contribution in [3.63, 3.8) is 0 Å². The maximum Gasteiger partial charge on any atom is 0.141 e. The summed E-state index contributed by atoms with van der Waals surface area (Å²) in [7, 11) is 1.61. The number of nitrogens with zero attached hydrogens (tertiary/aromatic N) is 1. The summed E-state index contributed by atoms with van der Waals surface area (Å²) in [5.74, 6) is 1.58. The summed E-state index contributed by atoms with van der Waals surface area (Å²) in [6.45, 7) is 2.85. The highest BCUT2D eigenvalue weighted by atomic mass is 16.5. The summed E-state index contributed by atoms with van der Waals surface area (Å²) in [6, 6.07) is 9.82. The largest absolute Gasteiger partial charge is 0.495 e. The van der Waals surface area contributed by atoms with E-state index in [0.717, 1.165) is 22.6 Å². The Labute approximate surface area is 113 Å². The molecule has 0 atom stereocenters. The zero-order valence-electron chi connectivity index (χ0n) is 11.2. The van der Waals surface area contributed by atoms with E-state index in [1.165, 1.54) is 0 Å². The van der Waals surface area contributed by atoms with Gasteiger partial charge in [-0.05, 0) is 24.6 Å². The van der Waals surface area contributed by atoms with Crippen LogP contribution in [0.15, 0.2) is 36.5 Å². The third-order valence-corrected chi connectivity index (χ3v) is 2.91. The fourth-order valence-corrected chi connectivity index (χ4v) is 1.83. The number of hydrogen-bond donors (Lipinski definition) is 1. The molecule has 0 aliphatic rings. The van der Waals surface area contributed by atoms with Crippen LogP contribution >= 0.6 is 0 Å². The van der Waals surface area contributed by atoms with Gasteiger partial charge in [-0.1, -0.05) is 18.2 Å². The number of para-hydroxylation sites is 1. The van der Waals surface area contributed by atoms with Gasteiger partial charge in [0.1, 0.15) is 18.1 Å². The standard InChI is InChI=1S/C15H18N2O2/c1-11-5-3-4-6-14(11)19-10-13-7-12(8-16)15(18-2)9-17-13/h3-7,9H,8,10,16H2,1-2H3. The summed E-state index contributed by atoms with van der Waals surface area (Å²) in [4.78, 5) is 4.30. The second-order valence-electron chi connectivity index (χ2n) is 4.25. The third-order valence-electron chi connectivity index (χ3n) is 2.91. The van der Waals surface area contributed by atoms with Crippen molar-refractivity contribution in [1.82, 2.24) is 4.98 Å². The van der Waals surface area contributed by atoms with Crippen LogP contribution in [0.1, 0.15) is 16.8 Å². The molecule has 0 saturated heterocycles. The van der Waals surface area contributed by atoms with Crippen LogP contribution in [-0.2, 0) is 13.2 Å². The van der Waals surface area contributed by atoms with E-state index in [9.17, 15) is 0 Å². The van der Waals surface area contributed by atoms with Gasteiger partial charge >= 0.3 is 0 Å². The highest BCUT2D eigenvalue weighted by Gasteiger charge is 2.05. The first-order valence-corrected chi connectivity index (χ1v) is 6.15. The van der Waals surface area contributed by atoms with Crippen LogP contribution < -0.4 is 15.2 Å². The monoisotopic (exact) mass is 258 g/mol. The van der Waals surface area contributed by atoms with Crippen molar-refractivity contribution in [1.29, 1.82) is 0 Å². The molecule has 0 spiro atoms. The van der Waals surface area contributed by atoms with Gasteiger partial charge in [0.2, 0.25) is 0 Å². The Hall–Kier alpha value is -2.07. The molecule has 0 aliphatic carbocycles. The van der Waals surface area contributed by atoms with E-state index in [2.05, 4.69) is 4.98 Å². The van der Waals surface area contributed by atoms with Gasteiger partial charge in [0.25, 0.3) is 0 Å². The molecule has 2 aromatic rings. The molecule has 1 aromatic heterocycles. The molecule has 2 rings (SSSR count). The zero-order chi connectivity index (χ0) is 13.7. The quantitative estimate of drug-likeness (QED) is 0.895. The maximum atomic E-state index is 5.75. The Morgan fingerprint density at radius 3 is 2.68 bits per heavy atom. The summed E-state index contributed by atoms with van der Waals surface area (Å²) >= 11 is 0. The molecule has 0 fully saturated rings. The number of ether oxygens (including phenoxy) is 2. The van der Waals surface area contributed by atoms with Gasteiger partial charge in [-0.25, -0.2) is 0 Å². The van der Waals surface area contributed by atoms with Crippen molar-refractivity contribution in [2.45, 2.75) is 20.1 Å². The Bertz CT molecular complexity index is 556. The Balaban J connectivity index is 2.10. The fourth-order valence-electron chi connectivity index (χ4n) is 1.83. The third kappa shape index (κ3) is 3.23. The molecule has 1 heterocycles. The van der Waals surface area contributed by atoms with E-state index in [4.69, 9.17) is 15.2 Å². The highest BCUT2D eigenvalue weighted by Crippen LogP contribution is 2.20. The number of nitrogens with two attached hydrogens (primary N) is 1. The summed E-state index contributed by atoms with van der Waals surface area (Å²) in [6.07, 6.45) is 1.68. The van der Waals surface area contributed by atoms with Crippen LogP contribution in [0.5, 0.6) is 11.5 Å². The van der Waals surface area contributed by atoms with E-state index in [1.807, 2.05) is 37.3 Å². The number of rotatable bonds is 5. The second-order valence-corrected chi connectivity index (χ2v) is 4.25. The van der Waals surface area contributed by atoms with E-state index >= 15 is 0 Å². The molecule has 19 heavy (non-hydrogen) atoms. The minimum atomic E-state index is 0.418. The molecule has 0 radical (unpaired) electrons. The lowest BCUT2D eigenvalue weighted by atomic mass is 10.2. The fraction of sp³-hybridized carbons (Fsp3) is 0.267. The number of hydrogen-bond acceptors (Lipinski definition) is 4. The van der Waals surface area contributed by atoms with Crippen molar-refractivity contribution >= 4 is 0 Å². The Morgan fingerprint density at radius 1 is 1.21 bits per heavy atom. The lowest BCUT2D eigenvalue weighted by molar-refractivity contribution is 0.298. The summed E-state index contributed by atoms with van der Waals surface area (Å²) in [5.41, 5.74) is 8.55. The smallest absolute Gasteiger partial charge is 0.141 e. The van der Waals surface area contributed by atoms with Gasteiger partial charge in [0.15, 0.2) is 0 Å². The van der Waals surface area contributed by atoms with Crippen molar-refractivity contribution in [2.75, 3.05) is 7.11 Å². The van der Waals surface area contributed by atoms with Crippen molar-refractivity contribution in [3.05, 3.63) is 53.3 Å². The topological polar surface area (TPSA) is 57.4 Å². The molecular formula is C15H18N2O2. The predicted molar refractivity (Wildman–Crippen MR) is 74.2 cm³/mol. The van der Waals surface area contributed by atoms with Gasteiger partial charge in [-0.2, -0.15) is 0 Å². The number of methoxy groups -OCH3 is 1. The molecule has 1 aromatic carbocycles. The molecule has 0 amide bonds. The first kappa shape index (κ1) is 13.4. The van der Waals surface area contributed by atoms with Gasteiger partial charge in [0, 0.05) is 12.1 Å². The lowest BCUT2D eigenvalue weighted by Gasteiger charge is -2.11. The molecule has 4 heteroatoms. The average Bonchev–Trinajstić information content (AvgIpc) is 2.46. The maximum absolute atomic E-state index is 5.75. The molecule has 4 nitrogen and oxygen atoms in total. The molecule has 100 valence electrons. The Morgan fingerprint density at radius 2 is 2.00 bits per heavy atom. The zero-order valence-corrected chi connectivity index (χ0v) is 11.2. The SMILES string of the molecule is COc1cnc(COc2ccccc2C)cc1CN. The normalized spacial score (nSPS) is 10.3. The van der Waals surface area contributed by atoms with Crippen LogP contribution in [0, 0.1) is 6.92 Å². The van der Waals surface area contributed by atoms with Crippen LogP contribution in [0.3, 0.4) is 0 Å². The molecule has 0 unspecified atom stereocenters. The summed E-state index contributed by atoms with van der Waals surface area (Å²) in [5, 5.41) is 0. The van der Waals surface area contributed by atoms with Gasteiger partial charge in [0.05, 0.1) is 19.0 Å². The van der Waals surface area contributed by atoms with Crippen LogP contribution in [0.2, 0.25) is 0 Å². The van der Waals surface area contributed by atoms with Gasteiger partial charge < -0.3 is 15.2 Å². The van der Waals surface area contributed by atoms with E-state index in [1.54, 1.807) is 13.3 Å². The summed E-state index contributed by atoms with van der Waals surface area (Å²) < 4.78 is 10.9. The van der Waals surface area contributed by atoms with Crippen LogP contribution in [-0.4, -0.2) is 12.1 Å². The number of benzene rings is 1. The van der Waals surface area contributed by atoms with Crippen molar-refractivity contribution in [2.24, 2.45) is 5.73 Å². The Kier molecular flexibility index (Phi) is 4.36. The predicted octanol–water partition coefficient (Wildman–Crippen LogP) is 2.44. The minimum Gasteiger partial charge on any atom is -0.495 e. The van der Waals surface area contributed by atoms with Crippen molar-refractivity contribution in [3.8, 4) is 11.5 Å². The van der Waals surface area contributed by atoms with Crippen LogP contribution in [0.25, 0.3) is 0 Å². The highest BCUT2D eigenvalue weighted by molar-refractivity contribution is 5.34. The van der Waals surface area contributed by atoms with E-state index in [-0.39, 0.29) is 0 Å². The van der Waals surface area contributed by atoms with Gasteiger partial charge in [-0.3, -0.25) is 4.98 Å². The molecular weight excluding hydrogens is 240 g/mol. The minimum absolute atomic E-state index is 0.418.